The smallest absolute Gasteiger partial charge is 0.158 e. The molecular weight excluding hydrogens is 279 g/mol. The first-order valence-electron chi connectivity index (χ1n) is 6.81. The van der Waals surface area contributed by atoms with Gasteiger partial charge < -0.3 is 0 Å². The van der Waals surface area contributed by atoms with Gasteiger partial charge in [-0.1, -0.05) is 55.1 Å². The molecule has 0 radical (unpaired) electrons. The number of para-hydroxylation sites is 1. The van der Waals surface area contributed by atoms with Gasteiger partial charge >= 0.3 is 0 Å². The van der Waals surface area contributed by atoms with Crippen molar-refractivity contribution < 1.29 is 9.18 Å². The molecule has 3 nitrogen and oxygen atoms in total. The van der Waals surface area contributed by atoms with Crippen LogP contribution in [0.3, 0.4) is 0 Å². The van der Waals surface area contributed by atoms with Crippen molar-refractivity contribution in [2.75, 3.05) is 12.1 Å². The second-order valence-corrected chi connectivity index (χ2v) is 4.57. The minimum absolute atomic E-state index is 0.199. The Morgan fingerprint density at radius 3 is 2.14 bits per heavy atom. The number of carbonyl (C=O) groups excluding carboxylic acids is 1. The van der Waals surface area contributed by atoms with Crippen LogP contribution in [0.1, 0.15) is 5.56 Å². The zero-order chi connectivity index (χ0) is 15.9. The van der Waals surface area contributed by atoms with Crippen molar-refractivity contribution in [3.8, 4) is 0 Å². The van der Waals surface area contributed by atoms with Crippen LogP contribution in [0.5, 0.6) is 0 Å². The van der Waals surface area contributed by atoms with Crippen molar-refractivity contribution in [3.63, 3.8) is 0 Å². The van der Waals surface area contributed by atoms with E-state index in [0.717, 1.165) is 5.69 Å². The number of aldehydes is 1. The molecule has 0 aliphatic heterocycles. The fraction of sp³-hybridized carbons (Fsp3) is 0.0556. The van der Waals surface area contributed by atoms with Gasteiger partial charge in [-0.15, -0.1) is 0 Å². The summed E-state index contributed by atoms with van der Waals surface area (Å²) in [5, 5.41) is 1.58. The van der Waals surface area contributed by atoms with E-state index in [2.05, 4.69) is 12.0 Å². The lowest BCUT2D eigenvalue weighted by atomic mass is 10.1. The molecule has 0 aromatic heterocycles. The highest BCUT2D eigenvalue weighted by atomic mass is 19.1. The van der Waals surface area contributed by atoms with Gasteiger partial charge in [-0.3, -0.25) is 9.80 Å². The second kappa shape index (κ2) is 7.33. The highest BCUT2D eigenvalue weighted by Gasteiger charge is 2.19. The topological polar surface area (TPSA) is 32.3 Å². The van der Waals surface area contributed by atoms with E-state index in [0.29, 0.717) is 11.8 Å². The van der Waals surface area contributed by atoms with E-state index in [-0.39, 0.29) is 11.3 Å². The summed E-state index contributed by atoms with van der Waals surface area (Å²) in [7, 11) is 1.69. The van der Waals surface area contributed by atoms with Gasteiger partial charge in [0.1, 0.15) is 5.70 Å². The first-order valence-corrected chi connectivity index (χ1v) is 6.81. The van der Waals surface area contributed by atoms with Crippen LogP contribution in [0.25, 0.3) is 5.70 Å². The molecule has 22 heavy (non-hydrogen) atoms. The molecule has 0 aliphatic carbocycles. The zero-order valence-corrected chi connectivity index (χ0v) is 12.3. The van der Waals surface area contributed by atoms with Gasteiger partial charge in [0.25, 0.3) is 0 Å². The first kappa shape index (κ1) is 15.7. The van der Waals surface area contributed by atoms with Crippen molar-refractivity contribution in [1.82, 2.24) is 5.43 Å². The van der Waals surface area contributed by atoms with Crippen LogP contribution >= 0.6 is 0 Å². The fourth-order valence-electron chi connectivity index (χ4n) is 2.10. The molecule has 0 aliphatic rings. The Labute approximate surface area is 129 Å². The largest absolute Gasteiger partial charge is 0.298 e. The lowest BCUT2D eigenvalue weighted by Gasteiger charge is -2.27. The molecular formula is C18H17FN2O. The molecule has 0 spiro atoms. The summed E-state index contributed by atoms with van der Waals surface area (Å²) in [6, 6.07) is 18.3. The fourth-order valence-corrected chi connectivity index (χ4v) is 2.10. The first-order chi connectivity index (χ1) is 10.7. The SMILES string of the molecule is C=C(C=O)/C(F)=C(/c1ccccc1)N(NC)c1ccccc1. The maximum absolute atomic E-state index is 14.7. The number of nitrogens with zero attached hydrogens (tertiary/aromatic N) is 1. The number of anilines is 1. The van der Waals surface area contributed by atoms with Crippen LogP contribution in [-0.2, 0) is 4.79 Å². The van der Waals surface area contributed by atoms with E-state index in [1.807, 2.05) is 48.5 Å². The van der Waals surface area contributed by atoms with Gasteiger partial charge in [-0.2, -0.15) is 0 Å². The predicted octanol–water partition coefficient (Wildman–Crippen LogP) is 3.72. The molecule has 112 valence electrons. The summed E-state index contributed by atoms with van der Waals surface area (Å²) in [5.74, 6) is -0.667. The standard InChI is InChI=1S/C18H17FN2O/c1-14(13-22)17(19)18(15-9-5-3-6-10-15)21(20-2)16-11-7-4-8-12-16/h3-13,20H,1H2,2H3/b18-17+. The third-order valence-electron chi connectivity index (χ3n) is 3.14. The Balaban J connectivity index is 2.63. The number of benzene rings is 2. The molecule has 0 amide bonds. The van der Waals surface area contributed by atoms with Crippen LogP contribution in [0, 0.1) is 0 Å². The molecule has 0 atom stereocenters. The van der Waals surface area contributed by atoms with Gasteiger partial charge in [0.05, 0.1) is 5.69 Å². The third-order valence-corrected chi connectivity index (χ3v) is 3.14. The van der Waals surface area contributed by atoms with E-state index >= 15 is 0 Å². The monoisotopic (exact) mass is 296 g/mol. The van der Waals surface area contributed by atoms with Gasteiger partial charge in [-0.05, 0) is 12.1 Å². The third kappa shape index (κ3) is 3.30. The van der Waals surface area contributed by atoms with Crippen LogP contribution in [0.4, 0.5) is 10.1 Å². The molecule has 0 unspecified atom stereocenters. The van der Waals surface area contributed by atoms with Gasteiger partial charge in [0.2, 0.25) is 0 Å². The molecule has 0 saturated carbocycles. The van der Waals surface area contributed by atoms with E-state index in [1.54, 1.807) is 24.2 Å². The molecule has 0 saturated heterocycles. The summed E-state index contributed by atoms with van der Waals surface area (Å²) in [5.41, 5.74) is 4.39. The molecule has 0 fully saturated rings. The van der Waals surface area contributed by atoms with Gasteiger partial charge in [0, 0.05) is 18.2 Å². The van der Waals surface area contributed by atoms with Crippen LogP contribution in [-0.4, -0.2) is 13.3 Å². The lowest BCUT2D eigenvalue weighted by Crippen LogP contribution is -2.34. The summed E-state index contributed by atoms with van der Waals surface area (Å²) >= 11 is 0. The molecule has 2 aromatic carbocycles. The van der Waals surface area contributed by atoms with Crippen LogP contribution < -0.4 is 10.4 Å². The average molecular weight is 296 g/mol. The molecule has 0 bridgehead atoms. The molecule has 0 heterocycles. The minimum Gasteiger partial charge on any atom is -0.298 e. The van der Waals surface area contributed by atoms with Crippen LogP contribution in [0.15, 0.2) is 78.6 Å². The van der Waals surface area contributed by atoms with Crippen molar-refractivity contribution in [3.05, 3.63) is 84.2 Å². The number of nitrogens with one attached hydrogen (secondary N) is 1. The number of halogens is 1. The number of hydrogen-bond donors (Lipinski definition) is 1. The van der Waals surface area contributed by atoms with Crippen LogP contribution in [0.2, 0.25) is 0 Å². The predicted molar refractivity (Wildman–Crippen MR) is 87.7 cm³/mol. The normalized spacial score (nSPS) is 11.5. The number of rotatable bonds is 6. The Bertz CT molecular complexity index is 681. The van der Waals surface area contributed by atoms with E-state index in [4.69, 9.17) is 0 Å². The van der Waals surface area contributed by atoms with E-state index in [9.17, 15) is 9.18 Å². The van der Waals surface area contributed by atoms with Gasteiger partial charge in [-0.25, -0.2) is 9.82 Å². The van der Waals surface area contributed by atoms with E-state index in [1.165, 1.54) is 0 Å². The number of hydrazine groups is 1. The Morgan fingerprint density at radius 2 is 1.64 bits per heavy atom. The van der Waals surface area contributed by atoms with Crippen molar-refractivity contribution in [2.24, 2.45) is 0 Å². The molecule has 2 rings (SSSR count). The highest BCUT2D eigenvalue weighted by Crippen LogP contribution is 2.29. The lowest BCUT2D eigenvalue weighted by molar-refractivity contribution is -0.104. The van der Waals surface area contributed by atoms with Crippen molar-refractivity contribution >= 4 is 17.7 Å². The summed E-state index contributed by atoms with van der Waals surface area (Å²) in [6.07, 6.45) is 0.414. The van der Waals surface area contributed by atoms with Crippen molar-refractivity contribution in [1.29, 1.82) is 0 Å². The van der Waals surface area contributed by atoms with Gasteiger partial charge in [0.15, 0.2) is 12.1 Å². The quantitative estimate of drug-likeness (QED) is 0.381. The van der Waals surface area contributed by atoms with E-state index < -0.39 is 5.83 Å². The average Bonchev–Trinajstić information content (AvgIpc) is 2.59. The maximum Gasteiger partial charge on any atom is 0.158 e. The maximum atomic E-state index is 14.7. The number of allylic oxidation sites excluding steroid dienone is 2. The minimum atomic E-state index is -0.667. The number of carbonyl (C=O) groups is 1. The molecule has 2 aromatic rings. The van der Waals surface area contributed by atoms with Crippen molar-refractivity contribution in [2.45, 2.75) is 0 Å². The summed E-state index contributed by atoms with van der Waals surface area (Å²) in [4.78, 5) is 10.9. The highest BCUT2D eigenvalue weighted by molar-refractivity contribution is 5.89. The zero-order valence-electron chi connectivity index (χ0n) is 12.3. The molecule has 1 N–H and O–H groups in total. The Morgan fingerprint density at radius 1 is 1.09 bits per heavy atom. The summed E-state index contributed by atoms with van der Waals surface area (Å²) in [6.45, 7) is 3.47. The Hall–Kier alpha value is -2.72. The molecule has 4 heteroatoms. The summed E-state index contributed by atoms with van der Waals surface area (Å²) < 4.78 is 14.7. The Kier molecular flexibility index (Phi) is 5.22. The number of hydrogen-bond acceptors (Lipinski definition) is 3. The second-order valence-electron chi connectivity index (χ2n) is 4.57.